The fraction of sp³-hybridized carbons (Fsp3) is 1.00. The number of hydrogen-bond donors (Lipinski definition) is 2. The molecule has 3 atom stereocenters. The van der Waals surface area contributed by atoms with Crippen molar-refractivity contribution in [1.29, 1.82) is 0 Å². The predicted molar refractivity (Wildman–Crippen MR) is 58.2 cm³/mol. The first kappa shape index (κ1) is 10.4. The molecule has 0 radical (unpaired) electrons. The molecule has 0 amide bonds. The molecule has 2 fully saturated rings. The largest absolute Gasteiger partial charge is 0.396 e. The van der Waals surface area contributed by atoms with E-state index >= 15 is 0 Å². The number of fused-ring (bicyclic) bond motifs is 1. The predicted octanol–water partition coefficient (Wildman–Crippen LogP) is 1.93. The molecule has 2 heteroatoms. The summed E-state index contributed by atoms with van der Waals surface area (Å²) in [7, 11) is 0. The highest BCUT2D eigenvalue weighted by Crippen LogP contribution is 2.47. The lowest BCUT2D eigenvalue weighted by atomic mass is 9.61. The molecule has 1 saturated carbocycles. The Morgan fingerprint density at radius 2 is 2.14 bits per heavy atom. The topological polar surface area (TPSA) is 32.3 Å². The molecule has 2 aliphatic rings. The minimum atomic E-state index is 0.374. The monoisotopic (exact) mass is 197 g/mol. The molecule has 0 spiro atoms. The van der Waals surface area contributed by atoms with Crippen molar-refractivity contribution in [1.82, 2.24) is 5.32 Å². The van der Waals surface area contributed by atoms with Crippen LogP contribution in [0.15, 0.2) is 0 Å². The van der Waals surface area contributed by atoms with Crippen molar-refractivity contribution >= 4 is 0 Å². The summed E-state index contributed by atoms with van der Waals surface area (Å²) in [4.78, 5) is 0. The first-order chi connectivity index (χ1) is 6.82. The maximum atomic E-state index is 9.40. The van der Waals surface area contributed by atoms with Gasteiger partial charge in [-0.3, -0.25) is 0 Å². The Labute approximate surface area is 87.1 Å². The van der Waals surface area contributed by atoms with Crippen LogP contribution in [0.3, 0.4) is 0 Å². The fourth-order valence-corrected chi connectivity index (χ4v) is 3.67. The van der Waals surface area contributed by atoms with Crippen molar-refractivity contribution in [2.75, 3.05) is 13.2 Å². The van der Waals surface area contributed by atoms with E-state index in [2.05, 4.69) is 12.2 Å². The van der Waals surface area contributed by atoms with E-state index in [9.17, 15) is 5.11 Å². The third-order valence-electron chi connectivity index (χ3n) is 4.54. The van der Waals surface area contributed by atoms with Gasteiger partial charge in [-0.15, -0.1) is 0 Å². The Hall–Kier alpha value is -0.0800. The highest BCUT2D eigenvalue weighted by Gasteiger charge is 2.44. The van der Waals surface area contributed by atoms with Crippen molar-refractivity contribution in [2.24, 2.45) is 11.3 Å². The second kappa shape index (κ2) is 4.19. The third kappa shape index (κ3) is 1.59. The quantitative estimate of drug-likeness (QED) is 0.709. The Morgan fingerprint density at radius 1 is 1.36 bits per heavy atom. The van der Waals surface area contributed by atoms with Gasteiger partial charge in [0.05, 0.1) is 0 Å². The van der Waals surface area contributed by atoms with Gasteiger partial charge in [0.2, 0.25) is 0 Å². The summed E-state index contributed by atoms with van der Waals surface area (Å²) < 4.78 is 0. The van der Waals surface area contributed by atoms with Gasteiger partial charge in [-0.2, -0.15) is 0 Å². The Balaban J connectivity index is 2.15. The average molecular weight is 197 g/mol. The second-order valence-corrected chi connectivity index (χ2v) is 5.09. The summed E-state index contributed by atoms with van der Waals surface area (Å²) in [6.45, 7) is 3.85. The molecule has 0 aromatic carbocycles. The average Bonchev–Trinajstić information content (AvgIpc) is 2.28. The maximum Gasteiger partial charge on any atom is 0.0474 e. The van der Waals surface area contributed by atoms with Crippen LogP contribution in [0.25, 0.3) is 0 Å². The molecule has 1 heterocycles. The van der Waals surface area contributed by atoms with Gasteiger partial charge in [0.25, 0.3) is 0 Å². The molecular formula is C12H23NO. The van der Waals surface area contributed by atoms with Gasteiger partial charge in [-0.1, -0.05) is 13.3 Å². The first-order valence-electron chi connectivity index (χ1n) is 6.16. The van der Waals surface area contributed by atoms with E-state index < -0.39 is 0 Å². The lowest BCUT2D eigenvalue weighted by molar-refractivity contribution is 0.0129. The van der Waals surface area contributed by atoms with E-state index in [1.165, 1.54) is 38.5 Å². The van der Waals surface area contributed by atoms with Gasteiger partial charge >= 0.3 is 0 Å². The van der Waals surface area contributed by atoms with E-state index in [-0.39, 0.29) is 0 Å². The van der Waals surface area contributed by atoms with Crippen LogP contribution in [0.4, 0.5) is 0 Å². The van der Waals surface area contributed by atoms with Gasteiger partial charge in [0.15, 0.2) is 0 Å². The van der Waals surface area contributed by atoms with Gasteiger partial charge in [-0.25, -0.2) is 0 Å². The van der Waals surface area contributed by atoms with Crippen LogP contribution >= 0.6 is 0 Å². The summed E-state index contributed by atoms with van der Waals surface area (Å²) in [5.74, 6) is 0.518. The number of rotatable bonds is 2. The summed E-state index contributed by atoms with van der Waals surface area (Å²) in [6.07, 6.45) is 7.88. The van der Waals surface area contributed by atoms with Crippen molar-refractivity contribution in [2.45, 2.75) is 51.5 Å². The highest BCUT2D eigenvalue weighted by atomic mass is 16.3. The number of nitrogens with one attached hydrogen (secondary N) is 1. The molecule has 2 nitrogen and oxygen atoms in total. The van der Waals surface area contributed by atoms with Crippen molar-refractivity contribution in [3.05, 3.63) is 0 Å². The van der Waals surface area contributed by atoms with Crippen LogP contribution in [-0.4, -0.2) is 24.3 Å². The highest BCUT2D eigenvalue weighted by molar-refractivity contribution is 4.99. The van der Waals surface area contributed by atoms with E-state index in [0.29, 0.717) is 24.0 Å². The third-order valence-corrected chi connectivity index (χ3v) is 4.54. The first-order valence-corrected chi connectivity index (χ1v) is 6.16. The number of aliphatic hydroxyl groups excluding tert-OH is 1. The van der Waals surface area contributed by atoms with Crippen LogP contribution in [0.1, 0.15) is 45.4 Å². The van der Waals surface area contributed by atoms with Gasteiger partial charge in [0.1, 0.15) is 0 Å². The van der Waals surface area contributed by atoms with Gasteiger partial charge in [-0.05, 0) is 50.0 Å². The van der Waals surface area contributed by atoms with E-state index in [0.717, 1.165) is 6.54 Å². The van der Waals surface area contributed by atoms with Crippen molar-refractivity contribution < 1.29 is 5.11 Å². The molecule has 0 aromatic heterocycles. The molecule has 0 bridgehead atoms. The molecule has 0 aromatic rings. The lowest BCUT2D eigenvalue weighted by Gasteiger charge is -2.51. The zero-order valence-corrected chi connectivity index (χ0v) is 9.26. The van der Waals surface area contributed by atoms with Crippen molar-refractivity contribution in [3.8, 4) is 0 Å². The van der Waals surface area contributed by atoms with E-state index in [1.807, 2.05) is 0 Å². The van der Waals surface area contributed by atoms with Gasteiger partial charge in [0, 0.05) is 12.6 Å². The van der Waals surface area contributed by atoms with Crippen LogP contribution < -0.4 is 5.32 Å². The van der Waals surface area contributed by atoms with Gasteiger partial charge < -0.3 is 10.4 Å². The molecule has 2 N–H and O–H groups in total. The summed E-state index contributed by atoms with van der Waals surface area (Å²) in [5.41, 5.74) is 0.518. The lowest BCUT2D eigenvalue weighted by Crippen LogP contribution is -2.56. The van der Waals surface area contributed by atoms with Crippen LogP contribution in [0.2, 0.25) is 0 Å². The zero-order valence-electron chi connectivity index (χ0n) is 9.26. The minimum absolute atomic E-state index is 0.374. The summed E-state index contributed by atoms with van der Waals surface area (Å²) in [5, 5.41) is 13.1. The molecule has 1 aliphatic heterocycles. The molecule has 1 saturated heterocycles. The maximum absolute atomic E-state index is 9.40. The SMILES string of the molecule is CCC12CCCNC1C(CO)CCC2. The van der Waals surface area contributed by atoms with E-state index in [1.54, 1.807) is 0 Å². The zero-order chi connectivity index (χ0) is 10.0. The normalized spacial score (nSPS) is 43.3. The second-order valence-electron chi connectivity index (χ2n) is 5.09. The van der Waals surface area contributed by atoms with E-state index in [4.69, 9.17) is 0 Å². The number of aliphatic hydroxyl groups is 1. The Bertz CT molecular complexity index is 191. The Kier molecular flexibility index (Phi) is 3.13. The fourth-order valence-electron chi connectivity index (χ4n) is 3.67. The van der Waals surface area contributed by atoms with Crippen LogP contribution in [0.5, 0.6) is 0 Å². The number of hydrogen-bond acceptors (Lipinski definition) is 2. The number of piperidine rings is 1. The molecule has 14 heavy (non-hydrogen) atoms. The summed E-state index contributed by atoms with van der Waals surface area (Å²) >= 11 is 0. The molecule has 1 aliphatic carbocycles. The van der Waals surface area contributed by atoms with Crippen LogP contribution in [0, 0.1) is 11.3 Å². The standard InChI is InChI=1S/C12H23NO/c1-2-12-6-3-5-10(9-14)11(12)13-8-4-7-12/h10-11,13-14H,2-9H2,1H3. The van der Waals surface area contributed by atoms with Crippen LogP contribution in [-0.2, 0) is 0 Å². The molecule has 2 rings (SSSR count). The molecule has 82 valence electrons. The molecular weight excluding hydrogens is 174 g/mol. The molecule has 3 unspecified atom stereocenters. The summed E-state index contributed by atoms with van der Waals surface area (Å²) in [6, 6.07) is 0.597. The Morgan fingerprint density at radius 3 is 2.86 bits per heavy atom. The minimum Gasteiger partial charge on any atom is -0.396 e. The smallest absolute Gasteiger partial charge is 0.0474 e. The van der Waals surface area contributed by atoms with Crippen molar-refractivity contribution in [3.63, 3.8) is 0 Å².